The Morgan fingerprint density at radius 1 is 0.897 bits per heavy atom. The first kappa shape index (κ1) is 22.3. The summed E-state index contributed by atoms with van der Waals surface area (Å²) < 4.78 is 0. The largest absolute Gasteiger partial charge is 0.244 e. The predicted molar refractivity (Wildman–Crippen MR) is 128 cm³/mol. The van der Waals surface area contributed by atoms with Crippen LogP contribution in [0.1, 0.15) is 46.2 Å². The van der Waals surface area contributed by atoms with E-state index < -0.39 is 0 Å². The van der Waals surface area contributed by atoms with Crippen molar-refractivity contribution in [2.45, 2.75) is 40.5 Å². The van der Waals surface area contributed by atoms with Crippen LogP contribution in [0.2, 0.25) is 0 Å². The maximum absolute atomic E-state index is 4.86. The van der Waals surface area contributed by atoms with E-state index in [0.29, 0.717) is 5.92 Å². The van der Waals surface area contributed by atoms with Gasteiger partial charge in [0.05, 0.1) is 22.4 Å². The molecule has 0 spiro atoms. The fraction of sp³-hybridized carbons (Fsp3) is 0.259. The summed E-state index contributed by atoms with van der Waals surface area (Å²) in [5.74, 6) is 0.666. The van der Waals surface area contributed by atoms with Gasteiger partial charge in [0.15, 0.2) is 0 Å². The lowest BCUT2D eigenvalue weighted by atomic mass is 10.0. The molecule has 0 N–H and O–H groups in total. The van der Waals surface area contributed by atoms with Crippen LogP contribution in [0.3, 0.4) is 0 Å². The van der Waals surface area contributed by atoms with E-state index in [-0.39, 0.29) is 0 Å². The zero-order chi connectivity index (χ0) is 21.1. The smallest absolute Gasteiger partial charge is 0.0972 e. The zero-order valence-corrected chi connectivity index (χ0v) is 18.1. The van der Waals surface area contributed by atoms with Gasteiger partial charge in [0.25, 0.3) is 0 Å². The Balaban J connectivity index is 0.000000941. The molecule has 3 aromatic rings. The van der Waals surface area contributed by atoms with Gasteiger partial charge >= 0.3 is 0 Å². The van der Waals surface area contributed by atoms with E-state index in [2.05, 4.69) is 58.6 Å². The van der Waals surface area contributed by atoms with E-state index in [1.807, 2.05) is 54.6 Å². The SMILES string of the molecule is C=C(/C=C\C=C/CC(C)C)c1nc2ccccc2nc1-c1ccccc1.CCC. The van der Waals surface area contributed by atoms with Gasteiger partial charge < -0.3 is 0 Å². The topological polar surface area (TPSA) is 25.8 Å². The summed E-state index contributed by atoms with van der Waals surface area (Å²) in [4.78, 5) is 9.70. The van der Waals surface area contributed by atoms with Crippen molar-refractivity contribution in [3.63, 3.8) is 0 Å². The van der Waals surface area contributed by atoms with E-state index in [1.165, 1.54) is 6.42 Å². The van der Waals surface area contributed by atoms with Crippen molar-refractivity contribution in [3.8, 4) is 11.3 Å². The second kappa shape index (κ2) is 11.8. The first-order valence-corrected chi connectivity index (χ1v) is 10.4. The van der Waals surface area contributed by atoms with Crippen molar-refractivity contribution in [3.05, 3.63) is 91.2 Å². The minimum atomic E-state index is 0.666. The molecule has 0 saturated carbocycles. The highest BCUT2D eigenvalue weighted by atomic mass is 14.8. The number of allylic oxidation sites excluding steroid dienone is 5. The lowest BCUT2D eigenvalue weighted by Gasteiger charge is -2.10. The van der Waals surface area contributed by atoms with Gasteiger partial charge in [-0.15, -0.1) is 0 Å². The summed E-state index contributed by atoms with van der Waals surface area (Å²) in [5.41, 5.74) is 5.37. The molecule has 0 saturated heterocycles. The van der Waals surface area contributed by atoms with Crippen LogP contribution in [-0.4, -0.2) is 9.97 Å². The van der Waals surface area contributed by atoms with E-state index in [4.69, 9.17) is 9.97 Å². The molecule has 1 heterocycles. The third kappa shape index (κ3) is 6.83. The van der Waals surface area contributed by atoms with Gasteiger partial charge in [0, 0.05) is 5.56 Å². The first-order chi connectivity index (χ1) is 14.1. The van der Waals surface area contributed by atoms with Gasteiger partial charge in [0.1, 0.15) is 0 Å². The molecular weight excluding hydrogens is 352 g/mol. The van der Waals surface area contributed by atoms with Gasteiger partial charge in [-0.3, -0.25) is 0 Å². The van der Waals surface area contributed by atoms with Crippen molar-refractivity contribution >= 4 is 16.6 Å². The molecule has 0 aliphatic carbocycles. The van der Waals surface area contributed by atoms with Crippen molar-refractivity contribution in [1.82, 2.24) is 9.97 Å². The van der Waals surface area contributed by atoms with E-state index >= 15 is 0 Å². The molecule has 0 radical (unpaired) electrons. The summed E-state index contributed by atoms with van der Waals surface area (Å²) >= 11 is 0. The Bertz CT molecular complexity index is 966. The van der Waals surface area contributed by atoms with Crippen LogP contribution in [0.15, 0.2) is 85.5 Å². The second-order valence-corrected chi connectivity index (χ2v) is 7.42. The maximum Gasteiger partial charge on any atom is 0.0972 e. The number of benzene rings is 2. The zero-order valence-electron chi connectivity index (χ0n) is 18.1. The summed E-state index contributed by atoms with van der Waals surface area (Å²) in [6.45, 7) is 12.9. The number of hydrogen-bond acceptors (Lipinski definition) is 2. The van der Waals surface area contributed by atoms with Gasteiger partial charge in [-0.2, -0.15) is 0 Å². The Labute approximate surface area is 175 Å². The predicted octanol–water partition coefficient (Wildman–Crippen LogP) is 7.88. The third-order valence-corrected chi connectivity index (χ3v) is 4.07. The van der Waals surface area contributed by atoms with Gasteiger partial charge in [0.2, 0.25) is 0 Å². The van der Waals surface area contributed by atoms with Crippen molar-refractivity contribution in [2.75, 3.05) is 0 Å². The molecule has 3 rings (SSSR count). The van der Waals surface area contributed by atoms with Gasteiger partial charge in [-0.05, 0) is 30.0 Å². The third-order valence-electron chi connectivity index (χ3n) is 4.07. The molecular formula is C27H32N2. The molecule has 0 fully saturated rings. The van der Waals surface area contributed by atoms with E-state index in [1.54, 1.807) is 0 Å². The number of hydrogen-bond donors (Lipinski definition) is 0. The molecule has 29 heavy (non-hydrogen) atoms. The molecule has 0 unspecified atom stereocenters. The molecule has 2 heteroatoms. The Morgan fingerprint density at radius 2 is 1.48 bits per heavy atom. The van der Waals surface area contributed by atoms with Crippen molar-refractivity contribution in [2.24, 2.45) is 5.92 Å². The molecule has 2 nitrogen and oxygen atoms in total. The Hall–Kier alpha value is -3.00. The van der Waals surface area contributed by atoms with Gasteiger partial charge in [-0.25, -0.2) is 9.97 Å². The Morgan fingerprint density at radius 3 is 2.10 bits per heavy atom. The average Bonchev–Trinajstić information content (AvgIpc) is 2.73. The van der Waals surface area contributed by atoms with Crippen LogP contribution in [0.4, 0.5) is 0 Å². The van der Waals surface area contributed by atoms with Crippen LogP contribution < -0.4 is 0 Å². The average molecular weight is 385 g/mol. The van der Waals surface area contributed by atoms with Crippen LogP contribution >= 0.6 is 0 Å². The molecule has 0 aliphatic heterocycles. The summed E-state index contributed by atoms with van der Waals surface area (Å²) in [5, 5.41) is 0. The molecule has 0 atom stereocenters. The van der Waals surface area contributed by atoms with Crippen LogP contribution in [0, 0.1) is 5.92 Å². The maximum atomic E-state index is 4.86. The van der Waals surface area contributed by atoms with Crippen molar-refractivity contribution < 1.29 is 0 Å². The van der Waals surface area contributed by atoms with Crippen LogP contribution in [0.25, 0.3) is 27.9 Å². The summed E-state index contributed by atoms with van der Waals surface area (Å²) in [6.07, 6.45) is 10.6. The standard InChI is InChI=1S/C24H24N2.C3H8/c1-18(2)12-6-4-7-13-19(3)23-24(20-14-8-5-9-15-20)26-22-17-11-10-16-21(22)25-23;1-3-2/h4-11,13-18H,3,12H2,1-2H3;3H2,1-2H3/b6-4-,13-7-;. The quantitative estimate of drug-likeness (QED) is 0.404. The van der Waals surface area contributed by atoms with Crippen LogP contribution in [-0.2, 0) is 0 Å². The number of fused-ring (bicyclic) bond motifs is 1. The molecule has 2 aromatic carbocycles. The summed E-state index contributed by atoms with van der Waals surface area (Å²) in [6, 6.07) is 18.1. The Kier molecular flexibility index (Phi) is 9.04. The van der Waals surface area contributed by atoms with Crippen LogP contribution in [0.5, 0.6) is 0 Å². The number of para-hydroxylation sites is 2. The lowest BCUT2D eigenvalue weighted by molar-refractivity contribution is 0.664. The minimum absolute atomic E-state index is 0.666. The molecule has 150 valence electrons. The highest BCUT2D eigenvalue weighted by Gasteiger charge is 2.12. The number of aromatic nitrogens is 2. The summed E-state index contributed by atoms with van der Waals surface area (Å²) in [7, 11) is 0. The highest BCUT2D eigenvalue weighted by molar-refractivity contribution is 5.86. The lowest BCUT2D eigenvalue weighted by Crippen LogP contribution is -1.97. The molecule has 1 aromatic heterocycles. The fourth-order valence-corrected chi connectivity index (χ4v) is 2.70. The van der Waals surface area contributed by atoms with E-state index in [9.17, 15) is 0 Å². The minimum Gasteiger partial charge on any atom is -0.244 e. The van der Waals surface area contributed by atoms with Gasteiger partial charge in [-0.1, -0.05) is 107 Å². The number of rotatable bonds is 6. The van der Waals surface area contributed by atoms with Crippen molar-refractivity contribution in [1.29, 1.82) is 0 Å². The first-order valence-electron chi connectivity index (χ1n) is 10.4. The molecule has 0 bridgehead atoms. The normalized spacial score (nSPS) is 11.2. The second-order valence-electron chi connectivity index (χ2n) is 7.42. The fourth-order valence-electron chi connectivity index (χ4n) is 2.70. The molecule has 0 amide bonds. The molecule has 0 aliphatic rings. The van der Waals surface area contributed by atoms with E-state index in [0.717, 1.165) is 40.0 Å². The monoisotopic (exact) mass is 384 g/mol. The highest BCUT2D eigenvalue weighted by Crippen LogP contribution is 2.27. The number of nitrogens with zero attached hydrogens (tertiary/aromatic N) is 2.